The minimum atomic E-state index is -0.775. The third-order valence-corrected chi connectivity index (χ3v) is 5.42. The molecule has 0 bridgehead atoms. The molecule has 7 nitrogen and oxygen atoms in total. The lowest BCUT2D eigenvalue weighted by molar-refractivity contribution is -0.117. The van der Waals surface area contributed by atoms with Crippen LogP contribution >= 0.6 is 11.6 Å². The van der Waals surface area contributed by atoms with Crippen molar-refractivity contribution >= 4 is 29.2 Å². The number of nitrogens with one attached hydrogen (secondary N) is 1. The maximum Gasteiger partial charge on any atom is 0.344 e. The molecule has 4 rings (SSSR count). The van der Waals surface area contributed by atoms with Gasteiger partial charge in [0.05, 0.1) is 12.3 Å². The number of hydrogen-bond acceptors (Lipinski definition) is 5. The van der Waals surface area contributed by atoms with Crippen molar-refractivity contribution in [3.05, 3.63) is 106 Å². The second-order valence-electron chi connectivity index (χ2n) is 7.57. The number of esters is 1. The van der Waals surface area contributed by atoms with E-state index in [0.29, 0.717) is 33.1 Å². The molecule has 4 aromatic rings. The first-order chi connectivity index (χ1) is 17.0. The first-order valence-electron chi connectivity index (χ1n) is 11.0. The topological polar surface area (TPSA) is 90.3 Å². The number of anilines is 1. The monoisotopic (exact) mass is 487 g/mol. The minimum absolute atomic E-state index is 0.0898. The Balaban J connectivity index is 1.87. The molecule has 0 radical (unpaired) electrons. The van der Waals surface area contributed by atoms with Gasteiger partial charge in [0.2, 0.25) is 5.91 Å². The zero-order valence-corrected chi connectivity index (χ0v) is 19.7. The van der Waals surface area contributed by atoms with E-state index in [-0.39, 0.29) is 12.2 Å². The van der Waals surface area contributed by atoms with Gasteiger partial charge in [-0.05, 0) is 36.8 Å². The molecule has 1 N–H and O–H groups in total. The normalized spacial score (nSPS) is 10.6. The summed E-state index contributed by atoms with van der Waals surface area (Å²) in [6.45, 7) is 1.35. The smallest absolute Gasteiger partial charge is 0.344 e. The van der Waals surface area contributed by atoms with Gasteiger partial charge >= 0.3 is 5.97 Å². The first kappa shape index (κ1) is 23.9. The summed E-state index contributed by atoms with van der Waals surface area (Å²) >= 11 is 5.90. The molecular weight excluding hydrogens is 466 g/mol. The summed E-state index contributed by atoms with van der Waals surface area (Å²) in [7, 11) is 0. The van der Waals surface area contributed by atoms with Crippen molar-refractivity contribution in [2.75, 3.05) is 11.9 Å². The van der Waals surface area contributed by atoms with Crippen LogP contribution in [-0.2, 0) is 16.1 Å². The average Bonchev–Trinajstić information content (AvgIpc) is 2.87. The van der Waals surface area contributed by atoms with Crippen LogP contribution in [0, 0.1) is 0 Å². The number of carbonyl (C=O) groups excluding carboxylic acids is 2. The lowest BCUT2D eigenvalue weighted by Gasteiger charge is -2.17. The minimum Gasteiger partial charge on any atom is -0.462 e. The highest BCUT2D eigenvalue weighted by Gasteiger charge is 2.26. The van der Waals surface area contributed by atoms with Crippen LogP contribution in [0.2, 0.25) is 5.02 Å². The Bertz CT molecular complexity index is 1400. The van der Waals surface area contributed by atoms with Crippen molar-refractivity contribution in [1.82, 2.24) is 9.78 Å². The van der Waals surface area contributed by atoms with Crippen LogP contribution in [0.1, 0.15) is 17.3 Å². The van der Waals surface area contributed by atoms with Crippen molar-refractivity contribution in [3.63, 3.8) is 0 Å². The largest absolute Gasteiger partial charge is 0.462 e. The van der Waals surface area contributed by atoms with Crippen molar-refractivity contribution in [3.8, 4) is 22.4 Å². The highest BCUT2D eigenvalue weighted by Crippen LogP contribution is 2.32. The van der Waals surface area contributed by atoms with Gasteiger partial charge in [-0.1, -0.05) is 72.3 Å². The third-order valence-electron chi connectivity index (χ3n) is 5.17. The molecule has 1 aromatic heterocycles. The quantitative estimate of drug-likeness (QED) is 0.368. The number of benzene rings is 3. The Labute approximate surface area is 206 Å². The molecule has 3 aromatic carbocycles. The highest BCUT2D eigenvalue weighted by molar-refractivity contribution is 6.30. The fourth-order valence-corrected chi connectivity index (χ4v) is 3.75. The second kappa shape index (κ2) is 10.8. The summed E-state index contributed by atoms with van der Waals surface area (Å²) in [5.41, 5.74) is 1.69. The number of aromatic nitrogens is 2. The van der Waals surface area contributed by atoms with E-state index in [1.807, 2.05) is 48.5 Å². The van der Waals surface area contributed by atoms with Gasteiger partial charge in [0, 0.05) is 21.8 Å². The number of rotatable bonds is 7. The molecule has 0 atom stereocenters. The third kappa shape index (κ3) is 5.47. The second-order valence-corrected chi connectivity index (χ2v) is 8.01. The molecule has 0 fully saturated rings. The molecule has 0 saturated heterocycles. The van der Waals surface area contributed by atoms with E-state index in [1.54, 1.807) is 43.3 Å². The summed E-state index contributed by atoms with van der Waals surface area (Å²) in [5, 5.41) is 7.77. The molecule has 0 unspecified atom stereocenters. The molecule has 8 heteroatoms. The molecule has 176 valence electrons. The van der Waals surface area contributed by atoms with Crippen molar-refractivity contribution in [2.24, 2.45) is 0 Å². The lowest BCUT2D eigenvalue weighted by Crippen LogP contribution is -2.34. The van der Waals surface area contributed by atoms with E-state index < -0.39 is 24.0 Å². The van der Waals surface area contributed by atoms with E-state index in [0.717, 1.165) is 4.68 Å². The van der Waals surface area contributed by atoms with E-state index in [9.17, 15) is 14.4 Å². The zero-order chi connectivity index (χ0) is 24.8. The molecule has 1 amide bonds. The fraction of sp³-hybridized carbons (Fsp3) is 0.111. The van der Waals surface area contributed by atoms with Crippen LogP contribution in [0.25, 0.3) is 22.4 Å². The number of ether oxygens (including phenoxy) is 1. The van der Waals surface area contributed by atoms with Gasteiger partial charge in [-0.15, -0.1) is 0 Å². The molecule has 35 heavy (non-hydrogen) atoms. The van der Waals surface area contributed by atoms with Crippen molar-refractivity contribution in [2.45, 2.75) is 13.5 Å². The fourth-order valence-electron chi connectivity index (χ4n) is 3.62. The number of halogens is 1. The van der Waals surface area contributed by atoms with Crippen LogP contribution < -0.4 is 10.9 Å². The predicted octanol–water partition coefficient (Wildman–Crippen LogP) is 5.05. The van der Waals surface area contributed by atoms with Gasteiger partial charge in [0.1, 0.15) is 12.1 Å². The molecule has 0 aliphatic carbocycles. The Morgan fingerprint density at radius 3 is 2.11 bits per heavy atom. The Hall–Kier alpha value is -4.23. The van der Waals surface area contributed by atoms with Crippen molar-refractivity contribution < 1.29 is 14.3 Å². The van der Waals surface area contributed by atoms with Crippen molar-refractivity contribution in [1.29, 1.82) is 0 Å². The molecule has 0 aliphatic rings. The van der Waals surface area contributed by atoms with Gasteiger partial charge in [-0.3, -0.25) is 9.59 Å². The Morgan fingerprint density at radius 2 is 1.51 bits per heavy atom. The summed E-state index contributed by atoms with van der Waals surface area (Å²) in [6, 6.07) is 24.8. The zero-order valence-electron chi connectivity index (χ0n) is 18.9. The summed E-state index contributed by atoms with van der Waals surface area (Å²) in [4.78, 5) is 39.3. The molecule has 1 heterocycles. The summed E-state index contributed by atoms with van der Waals surface area (Å²) < 4.78 is 6.23. The molecule has 0 spiro atoms. The first-order valence-corrected chi connectivity index (χ1v) is 11.3. The van der Waals surface area contributed by atoms with E-state index in [1.165, 1.54) is 0 Å². The van der Waals surface area contributed by atoms with Crippen LogP contribution in [0.15, 0.2) is 89.7 Å². The lowest BCUT2D eigenvalue weighted by atomic mass is 9.95. The summed E-state index contributed by atoms with van der Waals surface area (Å²) in [6.07, 6.45) is 0. The molecular formula is C27H22ClN3O4. The van der Waals surface area contributed by atoms with Crippen LogP contribution in [-0.4, -0.2) is 28.3 Å². The van der Waals surface area contributed by atoms with E-state index in [4.69, 9.17) is 16.3 Å². The van der Waals surface area contributed by atoms with Crippen LogP contribution in [0.3, 0.4) is 0 Å². The number of amides is 1. The van der Waals surface area contributed by atoms with E-state index >= 15 is 0 Å². The maximum atomic E-state index is 13.5. The Morgan fingerprint density at radius 1 is 0.914 bits per heavy atom. The van der Waals surface area contributed by atoms with E-state index in [2.05, 4.69) is 10.4 Å². The number of carbonyl (C=O) groups is 2. The van der Waals surface area contributed by atoms with Crippen LogP contribution in [0.5, 0.6) is 0 Å². The standard InChI is InChI=1S/C27H22ClN3O4/c1-2-35-27(34)24-23(18-9-5-3-6-10-18)25(19-11-7-4-8-12-19)30-31(26(24)33)17-22(32)29-21-15-13-20(28)14-16-21/h3-16H,2,17H2,1H3,(H,29,32). The average molecular weight is 488 g/mol. The number of hydrogen-bond donors (Lipinski definition) is 1. The van der Waals surface area contributed by atoms with Gasteiger partial charge in [0.25, 0.3) is 5.56 Å². The van der Waals surface area contributed by atoms with Gasteiger partial charge in [0.15, 0.2) is 0 Å². The SMILES string of the molecule is CCOC(=O)c1c(-c2ccccc2)c(-c2ccccc2)nn(CC(=O)Nc2ccc(Cl)cc2)c1=O. The summed E-state index contributed by atoms with van der Waals surface area (Å²) in [5.74, 6) is -1.26. The van der Waals surface area contributed by atoms with Gasteiger partial charge < -0.3 is 10.1 Å². The van der Waals surface area contributed by atoms with Crippen LogP contribution in [0.4, 0.5) is 5.69 Å². The predicted molar refractivity (Wildman–Crippen MR) is 135 cm³/mol. The number of nitrogens with zero attached hydrogens (tertiary/aromatic N) is 2. The van der Waals surface area contributed by atoms with Gasteiger partial charge in [-0.25, -0.2) is 9.48 Å². The molecule has 0 aliphatic heterocycles. The van der Waals surface area contributed by atoms with Gasteiger partial charge in [-0.2, -0.15) is 5.10 Å². The maximum absolute atomic E-state index is 13.5. The molecule has 0 saturated carbocycles. The highest BCUT2D eigenvalue weighted by atomic mass is 35.5. The Kier molecular flexibility index (Phi) is 7.38.